The number of ether oxygens (including phenoxy) is 1. The molecular weight excluding hydrogens is 296 g/mol. The molecule has 0 spiro atoms. The molecule has 1 heterocycles. The van der Waals surface area contributed by atoms with Gasteiger partial charge in [-0.2, -0.15) is 5.10 Å². The minimum atomic E-state index is 0.483. The summed E-state index contributed by atoms with van der Waals surface area (Å²) in [5.74, 6) is 0.610. The highest BCUT2D eigenvalue weighted by molar-refractivity contribution is 6.31. The maximum atomic E-state index is 6.37. The Balaban J connectivity index is 1.71. The lowest BCUT2D eigenvalue weighted by Crippen LogP contribution is -2.03. The van der Waals surface area contributed by atoms with Crippen molar-refractivity contribution in [3.05, 3.63) is 82.6 Å². The number of rotatable bonds is 5. The number of hydrogen-bond acceptors (Lipinski definition) is 2. The van der Waals surface area contributed by atoms with Crippen molar-refractivity contribution in [2.45, 2.75) is 20.1 Å². The quantitative estimate of drug-likeness (QED) is 0.695. The van der Waals surface area contributed by atoms with Crippen molar-refractivity contribution in [3.63, 3.8) is 0 Å². The van der Waals surface area contributed by atoms with E-state index >= 15 is 0 Å². The van der Waals surface area contributed by atoms with Crippen molar-refractivity contribution >= 4 is 11.6 Å². The van der Waals surface area contributed by atoms with E-state index in [1.54, 1.807) is 10.9 Å². The van der Waals surface area contributed by atoms with Crippen molar-refractivity contribution < 1.29 is 4.74 Å². The van der Waals surface area contributed by atoms with Gasteiger partial charge >= 0.3 is 0 Å². The van der Waals surface area contributed by atoms with Crippen LogP contribution in [0.3, 0.4) is 0 Å². The topological polar surface area (TPSA) is 27.1 Å². The summed E-state index contributed by atoms with van der Waals surface area (Å²) in [7, 11) is 0. The van der Waals surface area contributed by atoms with Crippen LogP contribution in [0.5, 0.6) is 5.75 Å². The molecule has 22 heavy (non-hydrogen) atoms. The molecule has 3 nitrogen and oxygen atoms in total. The fraction of sp³-hybridized carbons (Fsp3) is 0.167. The number of aryl methyl sites for hydroxylation is 1. The summed E-state index contributed by atoms with van der Waals surface area (Å²) in [6.07, 6.45) is 1.67. The van der Waals surface area contributed by atoms with Gasteiger partial charge in [0, 0.05) is 0 Å². The molecule has 3 aromatic rings. The monoisotopic (exact) mass is 312 g/mol. The zero-order valence-electron chi connectivity index (χ0n) is 12.4. The Hall–Kier alpha value is -2.26. The van der Waals surface area contributed by atoms with Gasteiger partial charge in [-0.3, -0.25) is 0 Å². The van der Waals surface area contributed by atoms with Crippen LogP contribution in [0, 0.1) is 6.92 Å². The van der Waals surface area contributed by atoms with Gasteiger partial charge in [-0.1, -0.05) is 66.2 Å². The summed E-state index contributed by atoms with van der Waals surface area (Å²) >= 11 is 6.37. The lowest BCUT2D eigenvalue weighted by atomic mass is 10.1. The SMILES string of the molecule is Cc1ccccc1Cn1ncc(OCc2ccccc2)c1Cl. The van der Waals surface area contributed by atoms with Crippen LogP contribution < -0.4 is 4.74 Å². The van der Waals surface area contributed by atoms with Crippen LogP contribution in [0.2, 0.25) is 5.15 Å². The van der Waals surface area contributed by atoms with Gasteiger partial charge in [0.25, 0.3) is 0 Å². The first-order valence-corrected chi connectivity index (χ1v) is 7.54. The Morgan fingerprint density at radius 2 is 1.77 bits per heavy atom. The second-order valence-corrected chi connectivity index (χ2v) is 5.52. The molecule has 2 aromatic carbocycles. The maximum absolute atomic E-state index is 6.37. The van der Waals surface area contributed by atoms with E-state index in [0.717, 1.165) is 5.56 Å². The van der Waals surface area contributed by atoms with Crippen molar-refractivity contribution in [2.24, 2.45) is 0 Å². The van der Waals surface area contributed by atoms with Gasteiger partial charge in [0.2, 0.25) is 0 Å². The van der Waals surface area contributed by atoms with E-state index in [1.807, 2.05) is 42.5 Å². The van der Waals surface area contributed by atoms with Gasteiger partial charge in [0.05, 0.1) is 12.7 Å². The molecule has 112 valence electrons. The van der Waals surface area contributed by atoms with Crippen molar-refractivity contribution in [3.8, 4) is 5.75 Å². The van der Waals surface area contributed by atoms with Crippen LogP contribution in [0.15, 0.2) is 60.8 Å². The highest BCUT2D eigenvalue weighted by atomic mass is 35.5. The first-order valence-electron chi connectivity index (χ1n) is 7.16. The van der Waals surface area contributed by atoms with E-state index in [-0.39, 0.29) is 0 Å². The molecule has 0 aliphatic rings. The summed E-state index contributed by atoms with van der Waals surface area (Å²) < 4.78 is 7.51. The summed E-state index contributed by atoms with van der Waals surface area (Å²) in [5.41, 5.74) is 3.52. The van der Waals surface area contributed by atoms with Crippen LogP contribution in [0.4, 0.5) is 0 Å². The molecule has 3 rings (SSSR count). The van der Waals surface area contributed by atoms with Gasteiger partial charge < -0.3 is 4.74 Å². The molecule has 0 aliphatic carbocycles. The molecule has 0 fully saturated rings. The van der Waals surface area contributed by atoms with E-state index in [0.29, 0.717) is 24.1 Å². The normalized spacial score (nSPS) is 10.6. The lowest BCUT2D eigenvalue weighted by Gasteiger charge is -2.08. The van der Waals surface area contributed by atoms with Gasteiger partial charge in [0.1, 0.15) is 6.61 Å². The minimum absolute atomic E-state index is 0.483. The molecule has 1 aromatic heterocycles. The highest BCUT2D eigenvalue weighted by Crippen LogP contribution is 2.25. The largest absolute Gasteiger partial charge is 0.484 e. The predicted octanol–water partition coefficient (Wildman–Crippen LogP) is 4.47. The number of aromatic nitrogens is 2. The van der Waals surface area contributed by atoms with E-state index in [4.69, 9.17) is 16.3 Å². The molecule has 0 bridgehead atoms. The summed E-state index contributed by atoms with van der Waals surface area (Å²) in [4.78, 5) is 0. The molecule has 0 unspecified atom stereocenters. The van der Waals surface area contributed by atoms with Crippen LogP contribution in [0.25, 0.3) is 0 Å². The van der Waals surface area contributed by atoms with Gasteiger partial charge in [0.15, 0.2) is 10.9 Å². The third-order valence-electron chi connectivity index (χ3n) is 3.56. The number of hydrogen-bond donors (Lipinski definition) is 0. The van der Waals surface area contributed by atoms with E-state index < -0.39 is 0 Å². The van der Waals surface area contributed by atoms with E-state index in [2.05, 4.69) is 24.2 Å². The van der Waals surface area contributed by atoms with E-state index in [1.165, 1.54) is 11.1 Å². The standard InChI is InChI=1S/C18H17ClN2O/c1-14-7-5-6-10-16(14)12-21-18(19)17(11-20-21)22-13-15-8-3-2-4-9-15/h2-11H,12-13H2,1H3. The predicted molar refractivity (Wildman–Crippen MR) is 88.3 cm³/mol. The molecule has 0 aliphatic heterocycles. The maximum Gasteiger partial charge on any atom is 0.176 e. The average molecular weight is 313 g/mol. The molecule has 0 saturated heterocycles. The van der Waals surface area contributed by atoms with Crippen LogP contribution in [-0.4, -0.2) is 9.78 Å². The van der Waals surface area contributed by atoms with Gasteiger partial charge in [-0.15, -0.1) is 0 Å². The summed E-state index contributed by atoms with van der Waals surface area (Å²) in [6, 6.07) is 18.2. The Morgan fingerprint density at radius 3 is 2.55 bits per heavy atom. The second-order valence-electron chi connectivity index (χ2n) is 5.16. The molecule has 0 radical (unpaired) electrons. The van der Waals surface area contributed by atoms with Crippen molar-refractivity contribution in [1.82, 2.24) is 9.78 Å². The summed E-state index contributed by atoms with van der Waals surface area (Å²) in [6.45, 7) is 3.20. The second kappa shape index (κ2) is 6.67. The fourth-order valence-corrected chi connectivity index (χ4v) is 2.45. The van der Waals surface area contributed by atoms with Crippen molar-refractivity contribution in [2.75, 3.05) is 0 Å². The number of nitrogens with zero attached hydrogens (tertiary/aromatic N) is 2. The summed E-state index contributed by atoms with van der Waals surface area (Å²) in [5, 5.41) is 4.85. The highest BCUT2D eigenvalue weighted by Gasteiger charge is 2.11. The Morgan fingerprint density at radius 1 is 1.05 bits per heavy atom. The Bertz CT molecular complexity index is 753. The zero-order valence-corrected chi connectivity index (χ0v) is 13.1. The lowest BCUT2D eigenvalue weighted by molar-refractivity contribution is 0.306. The van der Waals surface area contributed by atoms with Gasteiger partial charge in [-0.05, 0) is 23.6 Å². The molecule has 4 heteroatoms. The first-order chi connectivity index (χ1) is 10.7. The van der Waals surface area contributed by atoms with Gasteiger partial charge in [-0.25, -0.2) is 4.68 Å². The third-order valence-corrected chi connectivity index (χ3v) is 3.94. The number of halogens is 1. The smallest absolute Gasteiger partial charge is 0.176 e. The Kier molecular flexibility index (Phi) is 4.45. The van der Waals surface area contributed by atoms with E-state index in [9.17, 15) is 0 Å². The van der Waals surface area contributed by atoms with Crippen molar-refractivity contribution in [1.29, 1.82) is 0 Å². The van der Waals surface area contributed by atoms with Crippen LogP contribution in [0.1, 0.15) is 16.7 Å². The Labute approximate surface area is 135 Å². The minimum Gasteiger partial charge on any atom is -0.484 e. The average Bonchev–Trinajstić information content (AvgIpc) is 2.89. The zero-order chi connectivity index (χ0) is 15.4. The first kappa shape index (κ1) is 14.7. The van der Waals surface area contributed by atoms with Crippen LogP contribution >= 0.6 is 11.6 Å². The third kappa shape index (κ3) is 3.31. The molecule has 0 N–H and O–H groups in total. The molecule has 0 saturated carbocycles. The molecule has 0 amide bonds. The fourth-order valence-electron chi connectivity index (χ4n) is 2.24. The number of benzene rings is 2. The van der Waals surface area contributed by atoms with Crippen LogP contribution in [-0.2, 0) is 13.2 Å². The molecular formula is C18H17ClN2O. The molecule has 0 atom stereocenters.